The van der Waals surface area contributed by atoms with E-state index in [0.717, 1.165) is 44.7 Å². The van der Waals surface area contributed by atoms with E-state index >= 15 is 0 Å². The van der Waals surface area contributed by atoms with Crippen LogP contribution in [0, 0.1) is 0 Å². The maximum atomic E-state index is 10.7. The van der Waals surface area contributed by atoms with Crippen molar-refractivity contribution in [1.29, 1.82) is 0 Å². The van der Waals surface area contributed by atoms with E-state index in [1.165, 1.54) is 5.56 Å². The number of carbonyl (C=O) groups is 1. The molecule has 1 aromatic rings. The molecule has 0 amide bonds. The van der Waals surface area contributed by atoms with Crippen LogP contribution >= 0.6 is 0 Å². The van der Waals surface area contributed by atoms with Crippen molar-refractivity contribution < 1.29 is 15.0 Å². The van der Waals surface area contributed by atoms with E-state index < -0.39 is 5.97 Å². The van der Waals surface area contributed by atoms with Crippen molar-refractivity contribution in [2.75, 3.05) is 32.7 Å². The van der Waals surface area contributed by atoms with Crippen LogP contribution in [0.5, 0.6) is 0 Å². The molecule has 1 aliphatic heterocycles. The second-order valence-corrected chi connectivity index (χ2v) is 5.27. The zero-order chi connectivity index (χ0) is 14.4. The molecule has 0 unspecified atom stereocenters. The van der Waals surface area contributed by atoms with E-state index in [1.54, 1.807) is 0 Å². The molecule has 0 atom stereocenters. The Bertz CT molecular complexity index is 433. The number of nitrogens with zero attached hydrogens (tertiary/aromatic N) is 2. The van der Waals surface area contributed by atoms with Gasteiger partial charge in [-0.25, -0.2) is 0 Å². The highest BCUT2D eigenvalue weighted by Crippen LogP contribution is 2.10. The lowest BCUT2D eigenvalue weighted by atomic mass is 10.1. The molecular weight excluding hydrogens is 256 g/mol. The fourth-order valence-corrected chi connectivity index (χ4v) is 2.54. The van der Waals surface area contributed by atoms with E-state index in [2.05, 4.69) is 4.90 Å². The van der Waals surface area contributed by atoms with E-state index in [-0.39, 0.29) is 13.2 Å². The van der Waals surface area contributed by atoms with E-state index in [4.69, 9.17) is 10.2 Å². The number of aliphatic carboxylic acids is 1. The molecule has 20 heavy (non-hydrogen) atoms. The summed E-state index contributed by atoms with van der Waals surface area (Å²) in [6, 6.07) is 7.99. The van der Waals surface area contributed by atoms with Gasteiger partial charge in [-0.2, -0.15) is 0 Å². The Labute approximate surface area is 119 Å². The van der Waals surface area contributed by atoms with Crippen LogP contribution < -0.4 is 0 Å². The van der Waals surface area contributed by atoms with Crippen molar-refractivity contribution in [3.63, 3.8) is 0 Å². The fourth-order valence-electron chi connectivity index (χ4n) is 2.54. The van der Waals surface area contributed by atoms with Crippen LogP contribution in [-0.4, -0.2) is 58.7 Å². The minimum atomic E-state index is -0.752. The third-order valence-electron chi connectivity index (χ3n) is 3.65. The topological polar surface area (TPSA) is 64.0 Å². The Balaban J connectivity index is 1.85. The lowest BCUT2D eigenvalue weighted by molar-refractivity contribution is -0.138. The first-order valence-electron chi connectivity index (χ1n) is 7.02. The van der Waals surface area contributed by atoms with Gasteiger partial charge in [-0.3, -0.25) is 14.6 Å². The molecule has 2 N–H and O–H groups in total. The Kier molecular flexibility index (Phi) is 5.52. The van der Waals surface area contributed by atoms with Crippen LogP contribution in [0.4, 0.5) is 0 Å². The molecular formula is C15H22N2O3. The van der Waals surface area contributed by atoms with Gasteiger partial charge in [0.15, 0.2) is 0 Å². The number of carboxylic acid groups (broad SMARTS) is 1. The fraction of sp³-hybridized carbons (Fsp3) is 0.533. The number of benzene rings is 1. The summed E-state index contributed by atoms with van der Waals surface area (Å²) < 4.78 is 0. The van der Waals surface area contributed by atoms with Crippen LogP contribution in [0.2, 0.25) is 0 Å². The first-order chi connectivity index (χ1) is 9.67. The molecule has 0 aliphatic carbocycles. The van der Waals surface area contributed by atoms with Crippen molar-refractivity contribution >= 4 is 5.97 Å². The number of aliphatic hydroxyl groups is 1. The molecule has 1 saturated heterocycles. The van der Waals surface area contributed by atoms with Gasteiger partial charge in [-0.15, -0.1) is 0 Å². The molecule has 2 rings (SSSR count). The van der Waals surface area contributed by atoms with Crippen molar-refractivity contribution in [2.24, 2.45) is 0 Å². The third-order valence-corrected chi connectivity index (χ3v) is 3.65. The number of carboxylic acids is 1. The van der Waals surface area contributed by atoms with Crippen LogP contribution in [0.3, 0.4) is 0 Å². The van der Waals surface area contributed by atoms with Crippen molar-refractivity contribution in [2.45, 2.75) is 19.6 Å². The van der Waals surface area contributed by atoms with Gasteiger partial charge in [0.2, 0.25) is 0 Å². The summed E-state index contributed by atoms with van der Waals surface area (Å²) in [5, 5.41) is 17.9. The summed E-state index contributed by atoms with van der Waals surface area (Å²) in [5.41, 5.74) is 2.16. The minimum absolute atomic E-state index is 0.0775. The first kappa shape index (κ1) is 15.0. The molecule has 5 heteroatoms. The smallest absolute Gasteiger partial charge is 0.317 e. The third kappa shape index (κ3) is 4.59. The Morgan fingerprint density at radius 3 is 2.25 bits per heavy atom. The van der Waals surface area contributed by atoms with Gasteiger partial charge in [-0.1, -0.05) is 24.3 Å². The normalized spacial score (nSPS) is 17.9. The van der Waals surface area contributed by atoms with Gasteiger partial charge in [-0.05, 0) is 24.1 Å². The second-order valence-electron chi connectivity index (χ2n) is 5.27. The van der Waals surface area contributed by atoms with Crippen LogP contribution in [0.25, 0.3) is 0 Å². The SMILES string of the molecule is O=C(O)CN1CCCN(Cc2ccc(CO)cc2)CC1. The van der Waals surface area contributed by atoms with E-state index in [0.29, 0.717) is 0 Å². The number of rotatable bonds is 5. The highest BCUT2D eigenvalue weighted by Gasteiger charge is 2.16. The van der Waals surface area contributed by atoms with Gasteiger partial charge in [0.1, 0.15) is 0 Å². The molecule has 0 aromatic heterocycles. The van der Waals surface area contributed by atoms with Gasteiger partial charge in [0.25, 0.3) is 0 Å². The minimum Gasteiger partial charge on any atom is -0.480 e. The maximum absolute atomic E-state index is 10.7. The highest BCUT2D eigenvalue weighted by atomic mass is 16.4. The predicted molar refractivity (Wildman–Crippen MR) is 76.3 cm³/mol. The van der Waals surface area contributed by atoms with Crippen molar-refractivity contribution in [3.05, 3.63) is 35.4 Å². The molecule has 1 fully saturated rings. The van der Waals surface area contributed by atoms with Gasteiger partial charge >= 0.3 is 5.97 Å². The Morgan fingerprint density at radius 1 is 1.00 bits per heavy atom. The first-order valence-corrected chi connectivity index (χ1v) is 7.02. The summed E-state index contributed by atoms with van der Waals surface area (Å²) in [6.07, 6.45) is 1.00. The molecule has 0 spiro atoms. The van der Waals surface area contributed by atoms with Gasteiger partial charge in [0, 0.05) is 26.2 Å². The summed E-state index contributed by atoms with van der Waals surface area (Å²) in [4.78, 5) is 15.1. The standard InChI is InChI=1S/C15H22N2O3/c18-12-14-4-2-13(3-5-14)10-16-6-1-7-17(9-8-16)11-15(19)20/h2-5,18H,1,6-12H2,(H,19,20). The van der Waals surface area contributed by atoms with Crippen LogP contribution in [0.1, 0.15) is 17.5 Å². The molecule has 1 aromatic carbocycles. The molecule has 0 radical (unpaired) electrons. The lowest BCUT2D eigenvalue weighted by Gasteiger charge is -2.21. The maximum Gasteiger partial charge on any atom is 0.317 e. The van der Waals surface area contributed by atoms with Crippen molar-refractivity contribution in [3.8, 4) is 0 Å². The summed E-state index contributed by atoms with van der Waals surface area (Å²) in [5.74, 6) is -0.752. The Morgan fingerprint density at radius 2 is 1.60 bits per heavy atom. The monoisotopic (exact) mass is 278 g/mol. The predicted octanol–water partition coefficient (Wildman–Crippen LogP) is 0.771. The number of hydrogen-bond donors (Lipinski definition) is 2. The zero-order valence-electron chi connectivity index (χ0n) is 11.7. The van der Waals surface area contributed by atoms with E-state index in [9.17, 15) is 4.79 Å². The Hall–Kier alpha value is -1.43. The number of aliphatic hydroxyl groups excluding tert-OH is 1. The number of hydrogen-bond acceptors (Lipinski definition) is 4. The molecule has 0 bridgehead atoms. The highest BCUT2D eigenvalue weighted by molar-refractivity contribution is 5.69. The second kappa shape index (κ2) is 7.38. The molecule has 1 aliphatic rings. The lowest BCUT2D eigenvalue weighted by Crippen LogP contribution is -2.34. The van der Waals surface area contributed by atoms with Crippen LogP contribution in [0.15, 0.2) is 24.3 Å². The summed E-state index contributed by atoms with van der Waals surface area (Å²) in [7, 11) is 0. The largest absolute Gasteiger partial charge is 0.480 e. The van der Waals surface area contributed by atoms with E-state index in [1.807, 2.05) is 29.2 Å². The zero-order valence-corrected chi connectivity index (χ0v) is 11.7. The van der Waals surface area contributed by atoms with Gasteiger partial charge < -0.3 is 10.2 Å². The average Bonchev–Trinajstić information content (AvgIpc) is 2.65. The molecule has 5 nitrogen and oxygen atoms in total. The molecule has 1 heterocycles. The average molecular weight is 278 g/mol. The quantitative estimate of drug-likeness (QED) is 0.833. The summed E-state index contributed by atoms with van der Waals surface area (Å²) in [6.45, 7) is 4.65. The van der Waals surface area contributed by atoms with Crippen molar-refractivity contribution in [1.82, 2.24) is 9.80 Å². The van der Waals surface area contributed by atoms with Crippen LogP contribution in [-0.2, 0) is 17.9 Å². The molecule has 110 valence electrons. The molecule has 0 saturated carbocycles. The van der Waals surface area contributed by atoms with Gasteiger partial charge in [0.05, 0.1) is 13.2 Å². The summed E-state index contributed by atoms with van der Waals surface area (Å²) >= 11 is 0.